The Bertz CT molecular complexity index is 795. The first-order valence-corrected chi connectivity index (χ1v) is 9.06. The zero-order valence-corrected chi connectivity index (χ0v) is 14.7. The van der Waals surface area contributed by atoms with Crippen LogP contribution in [0.1, 0.15) is 37.5 Å². The Morgan fingerprint density at radius 2 is 2.16 bits per heavy atom. The van der Waals surface area contributed by atoms with Crippen LogP contribution in [0.3, 0.4) is 0 Å². The molecule has 0 saturated carbocycles. The number of carbonyl (C=O) groups is 2. The fourth-order valence-electron chi connectivity index (χ4n) is 2.85. The van der Waals surface area contributed by atoms with E-state index in [2.05, 4.69) is 20.5 Å². The Morgan fingerprint density at radius 1 is 1.36 bits per heavy atom. The number of hydrogen-bond donors (Lipinski definition) is 3. The van der Waals surface area contributed by atoms with Crippen molar-refractivity contribution in [1.82, 2.24) is 20.5 Å². The zero-order chi connectivity index (χ0) is 17.8. The van der Waals surface area contributed by atoms with Gasteiger partial charge < -0.3 is 10.4 Å². The van der Waals surface area contributed by atoms with Crippen LogP contribution in [-0.4, -0.2) is 32.2 Å². The van der Waals surface area contributed by atoms with Crippen LogP contribution in [0.25, 0.3) is 10.6 Å². The molecule has 1 amide bonds. The first-order valence-electron chi connectivity index (χ1n) is 8.24. The van der Waals surface area contributed by atoms with E-state index in [4.69, 9.17) is 0 Å². The van der Waals surface area contributed by atoms with Gasteiger partial charge in [-0.3, -0.25) is 9.89 Å². The molecule has 1 aliphatic carbocycles. The van der Waals surface area contributed by atoms with Crippen molar-refractivity contribution in [1.29, 1.82) is 0 Å². The van der Waals surface area contributed by atoms with Gasteiger partial charge in [-0.2, -0.15) is 5.10 Å². The fourth-order valence-corrected chi connectivity index (χ4v) is 3.87. The van der Waals surface area contributed by atoms with Gasteiger partial charge in [-0.25, -0.2) is 9.78 Å². The van der Waals surface area contributed by atoms with E-state index in [0.29, 0.717) is 30.5 Å². The summed E-state index contributed by atoms with van der Waals surface area (Å²) < 4.78 is 0. The molecule has 0 radical (unpaired) electrons. The van der Waals surface area contributed by atoms with E-state index in [-0.39, 0.29) is 11.8 Å². The number of hydrogen-bond acceptors (Lipinski definition) is 5. The number of aliphatic carboxylic acids is 1. The van der Waals surface area contributed by atoms with Crippen LogP contribution in [-0.2, 0) is 16.0 Å². The maximum Gasteiger partial charge on any atom is 0.333 e. The summed E-state index contributed by atoms with van der Waals surface area (Å²) in [4.78, 5) is 29.1. The normalized spacial score (nSPS) is 15.9. The number of aromatic amines is 1. The molecule has 0 spiro atoms. The lowest BCUT2D eigenvalue weighted by molar-refractivity contribution is -0.133. The van der Waals surface area contributed by atoms with Crippen molar-refractivity contribution in [2.24, 2.45) is 5.92 Å². The second kappa shape index (κ2) is 7.60. The van der Waals surface area contributed by atoms with Crippen LogP contribution in [0.15, 0.2) is 29.9 Å². The van der Waals surface area contributed by atoms with Crippen molar-refractivity contribution in [3.63, 3.8) is 0 Å². The molecule has 2 heterocycles. The smallest absolute Gasteiger partial charge is 0.333 e. The Balaban J connectivity index is 1.64. The van der Waals surface area contributed by atoms with E-state index in [1.807, 2.05) is 6.92 Å². The van der Waals surface area contributed by atoms with Gasteiger partial charge in [0.2, 0.25) is 5.91 Å². The molecule has 25 heavy (non-hydrogen) atoms. The second-order valence-corrected chi connectivity index (χ2v) is 7.30. The molecule has 8 heteroatoms. The highest BCUT2D eigenvalue weighted by atomic mass is 32.1. The molecule has 132 valence electrons. The highest BCUT2D eigenvalue weighted by Crippen LogP contribution is 2.27. The summed E-state index contributed by atoms with van der Waals surface area (Å²) in [7, 11) is 0. The number of carboxylic acid groups (broad SMARTS) is 1. The van der Waals surface area contributed by atoms with Crippen molar-refractivity contribution in [2.75, 3.05) is 0 Å². The lowest BCUT2D eigenvalue weighted by Crippen LogP contribution is -2.32. The predicted molar refractivity (Wildman–Crippen MR) is 93.8 cm³/mol. The molecule has 0 saturated heterocycles. The van der Waals surface area contributed by atoms with Crippen molar-refractivity contribution in [3.05, 3.63) is 34.7 Å². The number of nitrogens with zero attached hydrogens (tertiary/aromatic N) is 2. The van der Waals surface area contributed by atoms with Crippen molar-refractivity contribution in [2.45, 2.75) is 39.0 Å². The van der Waals surface area contributed by atoms with E-state index < -0.39 is 5.97 Å². The molecule has 1 aliphatic rings. The van der Waals surface area contributed by atoms with Gasteiger partial charge >= 0.3 is 5.97 Å². The molecular weight excluding hydrogens is 340 g/mol. The molecule has 7 nitrogen and oxygen atoms in total. The minimum atomic E-state index is -0.935. The predicted octanol–water partition coefficient (Wildman–Crippen LogP) is 2.74. The van der Waals surface area contributed by atoms with E-state index in [1.165, 1.54) is 11.3 Å². The number of amides is 1. The summed E-state index contributed by atoms with van der Waals surface area (Å²) >= 11 is 1.53. The third kappa shape index (κ3) is 4.14. The average Bonchev–Trinajstić information content (AvgIpc) is 3.26. The molecule has 3 N–H and O–H groups in total. The minimum absolute atomic E-state index is 0.145. The molecule has 1 unspecified atom stereocenters. The first kappa shape index (κ1) is 17.3. The standard InChI is InChI=1S/C17H20N4O3S/c1-10(6-12-9-18-16(25-12)11-7-19-20-8-11)15(22)21-14-5-3-2-4-13(14)17(23)24/h7-10H,2-6H2,1H3,(H,19,20)(H,21,22)(H,23,24). The zero-order valence-electron chi connectivity index (χ0n) is 13.9. The molecular formula is C17H20N4O3S. The highest BCUT2D eigenvalue weighted by Gasteiger charge is 2.22. The van der Waals surface area contributed by atoms with Crippen LogP contribution >= 0.6 is 11.3 Å². The van der Waals surface area contributed by atoms with Crippen molar-refractivity contribution in [3.8, 4) is 10.6 Å². The molecule has 2 aromatic heterocycles. The van der Waals surface area contributed by atoms with Gasteiger partial charge in [0, 0.05) is 34.4 Å². The molecule has 2 aromatic rings. The fraction of sp³-hybridized carbons (Fsp3) is 0.412. The Hall–Kier alpha value is -2.48. The summed E-state index contributed by atoms with van der Waals surface area (Å²) in [5, 5.41) is 19.6. The summed E-state index contributed by atoms with van der Waals surface area (Å²) in [6.07, 6.45) is 8.73. The third-order valence-corrected chi connectivity index (χ3v) is 5.32. The maximum absolute atomic E-state index is 12.5. The van der Waals surface area contributed by atoms with Gasteiger partial charge in [0.1, 0.15) is 5.01 Å². The highest BCUT2D eigenvalue weighted by molar-refractivity contribution is 7.15. The van der Waals surface area contributed by atoms with E-state index in [1.54, 1.807) is 18.6 Å². The number of rotatable bonds is 6. The van der Waals surface area contributed by atoms with Crippen LogP contribution in [0, 0.1) is 5.92 Å². The SMILES string of the molecule is CC(Cc1cnc(-c2cn[nH]c2)s1)C(=O)NC1=C(C(=O)O)CCCC1. The van der Waals surface area contributed by atoms with Gasteiger partial charge in [0.05, 0.1) is 11.8 Å². The monoisotopic (exact) mass is 360 g/mol. The summed E-state index contributed by atoms with van der Waals surface area (Å²) in [5.41, 5.74) is 1.83. The first-order chi connectivity index (χ1) is 12.0. The van der Waals surface area contributed by atoms with Crippen molar-refractivity contribution < 1.29 is 14.7 Å². The lowest BCUT2D eigenvalue weighted by Gasteiger charge is -2.20. The van der Waals surface area contributed by atoms with Crippen LogP contribution < -0.4 is 5.32 Å². The van der Waals surface area contributed by atoms with E-state index in [0.717, 1.165) is 28.3 Å². The number of nitrogens with one attached hydrogen (secondary N) is 2. The molecule has 3 rings (SSSR count). The Kier molecular flexibility index (Phi) is 5.28. The average molecular weight is 360 g/mol. The maximum atomic E-state index is 12.5. The molecule has 0 aliphatic heterocycles. The van der Waals surface area contributed by atoms with Gasteiger partial charge in [-0.1, -0.05) is 6.92 Å². The lowest BCUT2D eigenvalue weighted by atomic mass is 9.95. The number of H-pyrrole nitrogens is 1. The largest absolute Gasteiger partial charge is 0.478 e. The molecule has 0 fully saturated rings. The molecule has 0 aromatic carbocycles. The Labute approximate surface area is 149 Å². The number of allylic oxidation sites excluding steroid dienone is 1. The van der Waals surface area contributed by atoms with Crippen molar-refractivity contribution >= 4 is 23.2 Å². The second-order valence-electron chi connectivity index (χ2n) is 6.18. The molecule has 1 atom stereocenters. The van der Waals surface area contributed by atoms with Crippen LogP contribution in [0.4, 0.5) is 0 Å². The summed E-state index contributed by atoms with van der Waals surface area (Å²) in [6.45, 7) is 1.84. The number of aromatic nitrogens is 3. The summed E-state index contributed by atoms with van der Waals surface area (Å²) in [6, 6.07) is 0. The van der Waals surface area contributed by atoms with Gasteiger partial charge in [-0.05, 0) is 32.1 Å². The molecule has 0 bridgehead atoms. The van der Waals surface area contributed by atoms with E-state index in [9.17, 15) is 14.7 Å². The quantitative estimate of drug-likeness (QED) is 0.734. The third-order valence-electron chi connectivity index (χ3n) is 4.25. The van der Waals surface area contributed by atoms with Gasteiger partial charge in [0.25, 0.3) is 0 Å². The number of carbonyl (C=O) groups excluding carboxylic acids is 1. The summed E-state index contributed by atoms with van der Waals surface area (Å²) in [5.74, 6) is -1.34. The Morgan fingerprint density at radius 3 is 2.88 bits per heavy atom. The van der Waals surface area contributed by atoms with Gasteiger partial charge in [0.15, 0.2) is 0 Å². The minimum Gasteiger partial charge on any atom is -0.478 e. The van der Waals surface area contributed by atoms with Crippen LogP contribution in [0.2, 0.25) is 0 Å². The van der Waals surface area contributed by atoms with E-state index >= 15 is 0 Å². The van der Waals surface area contributed by atoms with Gasteiger partial charge in [-0.15, -0.1) is 11.3 Å². The topological polar surface area (TPSA) is 108 Å². The number of thiazole rings is 1. The van der Waals surface area contributed by atoms with Crippen LogP contribution in [0.5, 0.6) is 0 Å². The number of carboxylic acids is 1.